The summed E-state index contributed by atoms with van der Waals surface area (Å²) < 4.78 is 10.1. The van der Waals surface area contributed by atoms with Gasteiger partial charge in [-0.25, -0.2) is 0 Å². The minimum Gasteiger partial charge on any atom is -0.493 e. The molecule has 0 unspecified atom stereocenters. The van der Waals surface area contributed by atoms with E-state index in [2.05, 4.69) is 4.74 Å². The van der Waals surface area contributed by atoms with Crippen LogP contribution in [-0.2, 0) is 9.53 Å². The number of ether oxygens (including phenoxy) is 2. The summed E-state index contributed by atoms with van der Waals surface area (Å²) in [5.74, 6) is 0.466. The van der Waals surface area contributed by atoms with E-state index in [-0.39, 0.29) is 18.4 Å². The zero-order chi connectivity index (χ0) is 12.7. The van der Waals surface area contributed by atoms with E-state index in [1.54, 1.807) is 0 Å². The number of methoxy groups -OCH3 is 1. The highest BCUT2D eigenvalue weighted by molar-refractivity contribution is 5.69. The molecule has 1 atom stereocenters. The molecular weight excluding hydrogens is 218 g/mol. The molecular formula is C13H19NO3. The Bertz CT molecular complexity index is 365. The number of nitrogens with two attached hydrogens (primary N) is 1. The van der Waals surface area contributed by atoms with Crippen LogP contribution < -0.4 is 10.5 Å². The summed E-state index contributed by atoms with van der Waals surface area (Å²) >= 11 is 0. The van der Waals surface area contributed by atoms with Gasteiger partial charge in [-0.1, -0.05) is 25.1 Å². The third kappa shape index (κ3) is 4.07. The van der Waals surface area contributed by atoms with Crippen LogP contribution >= 0.6 is 0 Å². The molecule has 0 radical (unpaired) electrons. The first-order valence-electron chi connectivity index (χ1n) is 5.73. The van der Waals surface area contributed by atoms with E-state index in [4.69, 9.17) is 10.5 Å². The Morgan fingerprint density at radius 2 is 2.12 bits per heavy atom. The molecule has 0 aliphatic heterocycles. The standard InChI is InChI=1S/C13H19NO3/c1-3-11(14)10-6-4-5-7-12(10)17-9-8-13(15)16-2/h4-7,11H,3,8-9,14H2,1-2H3/t11-/m1/s1. The molecule has 94 valence electrons. The number of rotatable bonds is 6. The average molecular weight is 237 g/mol. The van der Waals surface area contributed by atoms with Crippen molar-refractivity contribution >= 4 is 5.97 Å². The highest BCUT2D eigenvalue weighted by atomic mass is 16.5. The van der Waals surface area contributed by atoms with E-state index in [1.807, 2.05) is 31.2 Å². The normalized spacial score (nSPS) is 11.9. The Balaban J connectivity index is 2.61. The minimum absolute atomic E-state index is 0.0377. The van der Waals surface area contributed by atoms with Crippen LogP contribution in [0.2, 0.25) is 0 Å². The molecule has 4 nitrogen and oxygen atoms in total. The Kier molecular flexibility index (Phi) is 5.49. The zero-order valence-corrected chi connectivity index (χ0v) is 10.3. The number of benzene rings is 1. The number of hydrogen-bond acceptors (Lipinski definition) is 4. The Hall–Kier alpha value is -1.55. The summed E-state index contributed by atoms with van der Waals surface area (Å²) in [6.07, 6.45) is 1.09. The van der Waals surface area contributed by atoms with Crippen LogP contribution in [0.1, 0.15) is 31.4 Å². The quantitative estimate of drug-likeness (QED) is 0.769. The van der Waals surface area contributed by atoms with Gasteiger partial charge in [0.15, 0.2) is 0 Å². The van der Waals surface area contributed by atoms with Crippen LogP contribution in [-0.4, -0.2) is 19.7 Å². The number of hydrogen-bond donors (Lipinski definition) is 1. The van der Waals surface area contributed by atoms with Crippen molar-refractivity contribution in [2.45, 2.75) is 25.8 Å². The fourth-order valence-electron chi connectivity index (χ4n) is 1.48. The lowest BCUT2D eigenvalue weighted by atomic mass is 10.0. The number of carbonyl (C=O) groups excluding carboxylic acids is 1. The molecule has 1 aromatic carbocycles. The van der Waals surface area contributed by atoms with Gasteiger partial charge in [0.25, 0.3) is 0 Å². The molecule has 0 aromatic heterocycles. The molecule has 17 heavy (non-hydrogen) atoms. The topological polar surface area (TPSA) is 61.5 Å². The maximum absolute atomic E-state index is 11.0. The van der Waals surface area contributed by atoms with Gasteiger partial charge < -0.3 is 15.2 Å². The molecule has 0 saturated carbocycles. The molecule has 0 heterocycles. The molecule has 0 spiro atoms. The molecule has 1 aromatic rings. The van der Waals surface area contributed by atoms with Gasteiger partial charge in [-0.05, 0) is 12.5 Å². The minimum atomic E-state index is -0.276. The van der Waals surface area contributed by atoms with E-state index in [0.717, 1.165) is 17.7 Å². The summed E-state index contributed by atoms with van der Waals surface area (Å²) in [4.78, 5) is 11.0. The van der Waals surface area contributed by atoms with E-state index < -0.39 is 0 Å². The summed E-state index contributed by atoms with van der Waals surface area (Å²) in [5, 5.41) is 0. The van der Waals surface area contributed by atoms with Crippen LogP contribution in [0.15, 0.2) is 24.3 Å². The van der Waals surface area contributed by atoms with Crippen LogP contribution in [0.4, 0.5) is 0 Å². The average Bonchev–Trinajstić information content (AvgIpc) is 2.38. The largest absolute Gasteiger partial charge is 0.493 e. The smallest absolute Gasteiger partial charge is 0.308 e. The molecule has 4 heteroatoms. The summed E-state index contributed by atoms with van der Waals surface area (Å²) in [6.45, 7) is 2.33. The molecule has 0 fully saturated rings. The molecule has 2 N–H and O–H groups in total. The van der Waals surface area contributed by atoms with Gasteiger partial charge >= 0.3 is 5.97 Å². The predicted molar refractivity (Wildman–Crippen MR) is 65.8 cm³/mol. The van der Waals surface area contributed by atoms with Crippen molar-refractivity contribution in [2.24, 2.45) is 5.73 Å². The lowest BCUT2D eigenvalue weighted by Crippen LogP contribution is -2.12. The van der Waals surface area contributed by atoms with Crippen LogP contribution in [0, 0.1) is 0 Å². The zero-order valence-electron chi connectivity index (χ0n) is 10.3. The molecule has 0 amide bonds. The SMILES string of the molecule is CC[C@@H](N)c1ccccc1OCCC(=O)OC. The first-order chi connectivity index (χ1) is 8.19. The highest BCUT2D eigenvalue weighted by Gasteiger charge is 2.10. The van der Waals surface area contributed by atoms with Crippen LogP contribution in [0.3, 0.4) is 0 Å². The first kappa shape index (κ1) is 13.5. The molecule has 0 saturated heterocycles. The molecule has 0 bridgehead atoms. The van der Waals surface area contributed by atoms with Crippen molar-refractivity contribution < 1.29 is 14.3 Å². The highest BCUT2D eigenvalue weighted by Crippen LogP contribution is 2.25. The second-order valence-corrected chi connectivity index (χ2v) is 3.73. The fraction of sp³-hybridized carbons (Fsp3) is 0.462. The van der Waals surface area contributed by atoms with Crippen molar-refractivity contribution in [1.82, 2.24) is 0 Å². The third-order valence-electron chi connectivity index (χ3n) is 2.55. The molecule has 1 rings (SSSR count). The van der Waals surface area contributed by atoms with E-state index in [0.29, 0.717) is 6.61 Å². The van der Waals surface area contributed by atoms with Gasteiger partial charge in [-0.2, -0.15) is 0 Å². The Morgan fingerprint density at radius 1 is 1.41 bits per heavy atom. The van der Waals surface area contributed by atoms with Gasteiger partial charge in [0, 0.05) is 11.6 Å². The van der Waals surface area contributed by atoms with Crippen LogP contribution in [0.25, 0.3) is 0 Å². The van der Waals surface area contributed by atoms with Crippen molar-refractivity contribution in [3.63, 3.8) is 0 Å². The van der Waals surface area contributed by atoms with E-state index >= 15 is 0 Å². The van der Waals surface area contributed by atoms with Gasteiger partial charge in [0.2, 0.25) is 0 Å². The van der Waals surface area contributed by atoms with Crippen LogP contribution in [0.5, 0.6) is 5.75 Å². The number of esters is 1. The van der Waals surface area contributed by atoms with Gasteiger partial charge in [-0.15, -0.1) is 0 Å². The summed E-state index contributed by atoms with van der Waals surface area (Å²) in [7, 11) is 1.36. The molecule has 0 aliphatic carbocycles. The van der Waals surface area contributed by atoms with Crippen molar-refractivity contribution in [3.8, 4) is 5.75 Å². The second-order valence-electron chi connectivity index (χ2n) is 3.73. The van der Waals surface area contributed by atoms with Crippen molar-refractivity contribution in [3.05, 3.63) is 29.8 Å². The van der Waals surface area contributed by atoms with Crippen molar-refractivity contribution in [2.75, 3.05) is 13.7 Å². The number of carbonyl (C=O) groups is 1. The monoisotopic (exact) mass is 237 g/mol. The maximum Gasteiger partial charge on any atom is 0.308 e. The summed E-state index contributed by atoms with van der Waals surface area (Å²) in [5.41, 5.74) is 6.95. The van der Waals surface area contributed by atoms with Crippen molar-refractivity contribution in [1.29, 1.82) is 0 Å². The van der Waals surface area contributed by atoms with E-state index in [1.165, 1.54) is 7.11 Å². The lowest BCUT2D eigenvalue weighted by Gasteiger charge is -2.15. The predicted octanol–water partition coefficient (Wildman–Crippen LogP) is 2.04. The van der Waals surface area contributed by atoms with Gasteiger partial charge in [0.05, 0.1) is 20.1 Å². The lowest BCUT2D eigenvalue weighted by molar-refractivity contribution is -0.141. The second kappa shape index (κ2) is 6.91. The van der Waals surface area contributed by atoms with E-state index in [9.17, 15) is 4.79 Å². The Morgan fingerprint density at radius 3 is 2.76 bits per heavy atom. The summed E-state index contributed by atoms with van der Waals surface area (Å²) in [6, 6.07) is 7.59. The fourth-order valence-corrected chi connectivity index (χ4v) is 1.48. The van der Waals surface area contributed by atoms with Gasteiger partial charge in [-0.3, -0.25) is 4.79 Å². The molecule has 0 aliphatic rings. The number of para-hydroxylation sites is 1. The Labute approximate surface area is 102 Å². The van der Waals surface area contributed by atoms with Gasteiger partial charge in [0.1, 0.15) is 5.75 Å². The third-order valence-corrected chi connectivity index (χ3v) is 2.55. The first-order valence-corrected chi connectivity index (χ1v) is 5.73. The maximum atomic E-state index is 11.0.